The van der Waals surface area contributed by atoms with Crippen LogP contribution in [0.1, 0.15) is 43.6 Å². The van der Waals surface area contributed by atoms with Gasteiger partial charge in [0.25, 0.3) is 0 Å². The van der Waals surface area contributed by atoms with Gasteiger partial charge in [-0.3, -0.25) is 9.79 Å². The van der Waals surface area contributed by atoms with Crippen LogP contribution >= 0.6 is 0 Å². The molecule has 1 aromatic carbocycles. The Morgan fingerprint density at radius 2 is 2.04 bits per heavy atom. The number of hydrogen-bond acceptors (Lipinski definition) is 3. The minimum absolute atomic E-state index is 0.0802. The molecule has 6 heteroatoms. The zero-order valence-corrected chi connectivity index (χ0v) is 15.9. The molecule has 2 aliphatic rings. The summed E-state index contributed by atoms with van der Waals surface area (Å²) in [6, 6.07) is 8.77. The number of rotatable bonds is 6. The van der Waals surface area contributed by atoms with Crippen LogP contribution < -0.4 is 16.0 Å². The first-order valence-electron chi connectivity index (χ1n) is 9.71. The summed E-state index contributed by atoms with van der Waals surface area (Å²) in [5.41, 5.74) is 2.12. The highest BCUT2D eigenvalue weighted by atomic mass is 16.1. The Hall–Kier alpha value is -2.08. The van der Waals surface area contributed by atoms with Crippen molar-refractivity contribution >= 4 is 17.6 Å². The second kappa shape index (κ2) is 9.03. The van der Waals surface area contributed by atoms with Gasteiger partial charge in [-0.1, -0.05) is 31.0 Å². The van der Waals surface area contributed by atoms with E-state index in [-0.39, 0.29) is 11.8 Å². The van der Waals surface area contributed by atoms with Crippen molar-refractivity contribution in [1.29, 1.82) is 0 Å². The van der Waals surface area contributed by atoms with Crippen LogP contribution in [0.3, 0.4) is 0 Å². The number of guanidine groups is 1. The quantitative estimate of drug-likeness (QED) is 0.539. The number of benzene rings is 1. The molecule has 1 saturated carbocycles. The summed E-state index contributed by atoms with van der Waals surface area (Å²) in [7, 11) is 4.00. The molecule has 0 spiro atoms. The van der Waals surface area contributed by atoms with Gasteiger partial charge in [-0.05, 0) is 31.5 Å². The van der Waals surface area contributed by atoms with Crippen molar-refractivity contribution in [3.8, 4) is 0 Å². The van der Waals surface area contributed by atoms with Crippen LogP contribution in [0.2, 0.25) is 0 Å². The second-order valence-corrected chi connectivity index (χ2v) is 7.34. The molecule has 1 aliphatic carbocycles. The zero-order valence-electron chi connectivity index (χ0n) is 15.9. The largest absolute Gasteiger partial charge is 0.356 e. The van der Waals surface area contributed by atoms with Gasteiger partial charge in [0.1, 0.15) is 0 Å². The van der Waals surface area contributed by atoms with Gasteiger partial charge >= 0.3 is 0 Å². The Balaban J connectivity index is 1.46. The topological polar surface area (TPSA) is 68.8 Å². The molecule has 0 bridgehead atoms. The van der Waals surface area contributed by atoms with E-state index in [1.807, 2.05) is 18.2 Å². The summed E-state index contributed by atoms with van der Waals surface area (Å²) in [5, 5.41) is 9.73. The van der Waals surface area contributed by atoms with E-state index >= 15 is 0 Å². The minimum Gasteiger partial charge on any atom is -0.356 e. The van der Waals surface area contributed by atoms with E-state index in [0.29, 0.717) is 13.0 Å². The maximum absolute atomic E-state index is 11.9. The van der Waals surface area contributed by atoms with E-state index in [0.717, 1.165) is 30.8 Å². The van der Waals surface area contributed by atoms with Gasteiger partial charge in [-0.25, -0.2) is 0 Å². The number of fused-ring (bicyclic) bond motifs is 1. The Bertz CT molecular complexity index is 639. The number of amides is 1. The van der Waals surface area contributed by atoms with Crippen molar-refractivity contribution in [1.82, 2.24) is 15.5 Å². The standard InChI is InChI=1S/C20H31N5O/c1-21-20(22-11-12-25(2)16-7-3-4-8-16)23-14-15-13-19(26)24-18-10-6-5-9-17(15)18/h5-6,9-10,15-16H,3-4,7-8,11-14H2,1-2H3,(H,24,26)(H2,21,22,23). The predicted octanol–water partition coefficient (Wildman–Crippen LogP) is 2.15. The molecule has 26 heavy (non-hydrogen) atoms. The summed E-state index contributed by atoms with van der Waals surface area (Å²) in [5.74, 6) is 1.05. The van der Waals surface area contributed by atoms with Crippen molar-refractivity contribution in [3.05, 3.63) is 29.8 Å². The SMILES string of the molecule is CN=C(NCCN(C)C1CCCC1)NCC1CC(=O)Nc2ccccc21. The summed E-state index contributed by atoms with van der Waals surface area (Å²) in [6.45, 7) is 2.58. The summed E-state index contributed by atoms with van der Waals surface area (Å²) in [4.78, 5) is 18.7. The molecule has 0 aromatic heterocycles. The van der Waals surface area contributed by atoms with Crippen molar-refractivity contribution in [2.24, 2.45) is 4.99 Å². The van der Waals surface area contributed by atoms with Crippen molar-refractivity contribution in [2.75, 3.05) is 39.0 Å². The van der Waals surface area contributed by atoms with Crippen LogP contribution in [0.5, 0.6) is 0 Å². The van der Waals surface area contributed by atoms with Gasteiger partial charge in [-0.15, -0.1) is 0 Å². The molecule has 1 unspecified atom stereocenters. The van der Waals surface area contributed by atoms with E-state index in [4.69, 9.17) is 0 Å². The van der Waals surface area contributed by atoms with Crippen LogP contribution in [0.4, 0.5) is 5.69 Å². The summed E-state index contributed by atoms with van der Waals surface area (Å²) in [6.07, 6.45) is 5.88. The second-order valence-electron chi connectivity index (χ2n) is 7.34. The van der Waals surface area contributed by atoms with Gasteiger partial charge in [0.15, 0.2) is 5.96 Å². The Morgan fingerprint density at radius 3 is 2.81 bits per heavy atom. The summed E-state index contributed by atoms with van der Waals surface area (Å²) < 4.78 is 0. The Labute approximate surface area is 156 Å². The maximum Gasteiger partial charge on any atom is 0.225 e. The molecule has 6 nitrogen and oxygen atoms in total. The zero-order chi connectivity index (χ0) is 18.4. The van der Waals surface area contributed by atoms with Crippen molar-refractivity contribution < 1.29 is 4.79 Å². The lowest BCUT2D eigenvalue weighted by Gasteiger charge is -2.27. The number of para-hydroxylation sites is 1. The van der Waals surface area contributed by atoms with Gasteiger partial charge in [0.05, 0.1) is 0 Å². The maximum atomic E-state index is 11.9. The third kappa shape index (κ3) is 4.75. The number of carbonyl (C=O) groups is 1. The number of nitrogens with one attached hydrogen (secondary N) is 3. The lowest BCUT2D eigenvalue weighted by Crippen LogP contribution is -2.44. The number of likely N-dealkylation sites (N-methyl/N-ethyl adjacent to an activating group) is 1. The highest BCUT2D eigenvalue weighted by Gasteiger charge is 2.24. The molecule has 1 fully saturated rings. The fourth-order valence-electron chi connectivity index (χ4n) is 4.00. The van der Waals surface area contributed by atoms with E-state index in [2.05, 4.69) is 39.0 Å². The highest BCUT2D eigenvalue weighted by Crippen LogP contribution is 2.31. The van der Waals surface area contributed by atoms with E-state index in [1.165, 1.54) is 31.2 Å². The molecule has 142 valence electrons. The average molecular weight is 358 g/mol. The van der Waals surface area contributed by atoms with Crippen molar-refractivity contribution in [2.45, 2.75) is 44.1 Å². The number of aliphatic imine (C=N–C) groups is 1. The molecule has 1 heterocycles. The number of hydrogen-bond donors (Lipinski definition) is 3. The first-order valence-corrected chi connectivity index (χ1v) is 9.71. The Morgan fingerprint density at radius 1 is 1.27 bits per heavy atom. The minimum atomic E-state index is 0.0802. The van der Waals surface area contributed by atoms with Crippen molar-refractivity contribution in [3.63, 3.8) is 0 Å². The fraction of sp³-hybridized carbons (Fsp3) is 0.600. The number of carbonyl (C=O) groups excluding carboxylic acids is 1. The molecule has 0 radical (unpaired) electrons. The molecular weight excluding hydrogens is 326 g/mol. The van der Waals surface area contributed by atoms with Crippen LogP contribution in [-0.2, 0) is 4.79 Å². The fourth-order valence-corrected chi connectivity index (χ4v) is 4.00. The highest BCUT2D eigenvalue weighted by molar-refractivity contribution is 5.94. The van der Waals surface area contributed by atoms with Gasteiger partial charge in [0.2, 0.25) is 5.91 Å². The molecule has 3 N–H and O–H groups in total. The molecule has 1 aliphatic heterocycles. The smallest absolute Gasteiger partial charge is 0.225 e. The molecule has 1 atom stereocenters. The van der Waals surface area contributed by atoms with Crippen LogP contribution in [0.25, 0.3) is 0 Å². The van der Waals surface area contributed by atoms with Gasteiger partial charge in [-0.2, -0.15) is 0 Å². The summed E-state index contributed by atoms with van der Waals surface area (Å²) >= 11 is 0. The molecule has 1 amide bonds. The van der Waals surface area contributed by atoms with Crippen LogP contribution in [-0.4, -0.2) is 56.5 Å². The normalized spacial score (nSPS) is 20.8. The molecule has 1 aromatic rings. The predicted molar refractivity (Wildman–Crippen MR) is 107 cm³/mol. The lowest BCUT2D eigenvalue weighted by molar-refractivity contribution is -0.116. The monoisotopic (exact) mass is 357 g/mol. The van der Waals surface area contributed by atoms with E-state index in [1.54, 1.807) is 7.05 Å². The third-order valence-corrected chi connectivity index (χ3v) is 5.55. The van der Waals surface area contributed by atoms with Crippen LogP contribution in [0.15, 0.2) is 29.3 Å². The lowest BCUT2D eigenvalue weighted by atomic mass is 9.90. The van der Waals surface area contributed by atoms with E-state index < -0.39 is 0 Å². The Kier molecular flexibility index (Phi) is 6.50. The molecular formula is C20H31N5O. The molecule has 0 saturated heterocycles. The third-order valence-electron chi connectivity index (χ3n) is 5.55. The van der Waals surface area contributed by atoms with E-state index in [9.17, 15) is 4.79 Å². The number of anilines is 1. The van der Waals surface area contributed by atoms with Crippen LogP contribution in [0, 0.1) is 0 Å². The average Bonchev–Trinajstić information content (AvgIpc) is 3.18. The first kappa shape index (κ1) is 18.7. The molecule has 3 rings (SSSR count). The number of nitrogens with zero attached hydrogens (tertiary/aromatic N) is 2. The van der Waals surface area contributed by atoms with Gasteiger partial charge < -0.3 is 20.9 Å². The first-order chi connectivity index (χ1) is 12.7. The van der Waals surface area contributed by atoms with Gasteiger partial charge in [0, 0.05) is 50.7 Å².